The van der Waals surface area contributed by atoms with E-state index in [4.69, 9.17) is 0 Å². The Morgan fingerprint density at radius 2 is 1.21 bits per heavy atom. The number of allylic oxidation sites excluding steroid dienone is 1. The molecular weight excluding hydrogens is 690 g/mol. The number of halogens is 5. The fraction of sp³-hybridized carbons (Fsp3) is 0.116. The van der Waals surface area contributed by atoms with Crippen LogP contribution < -0.4 is 4.90 Å². The van der Waals surface area contributed by atoms with Gasteiger partial charge in [-0.3, -0.25) is 9.59 Å². The Bertz CT molecular complexity index is 2520. The van der Waals surface area contributed by atoms with E-state index in [0.717, 1.165) is 62.8 Å². The van der Waals surface area contributed by atoms with Crippen LogP contribution in [-0.2, 0) is 11.6 Å². The molecule has 9 heteroatoms. The number of carbonyl (C=O) groups is 2. The second-order valence-electron chi connectivity index (χ2n) is 13.5. The van der Waals surface area contributed by atoms with Crippen molar-refractivity contribution in [2.24, 2.45) is 0 Å². The lowest BCUT2D eigenvalue weighted by Crippen LogP contribution is -2.36. The molecule has 6 aromatic rings. The van der Waals surface area contributed by atoms with E-state index in [9.17, 15) is 31.5 Å². The molecule has 2 heterocycles. The van der Waals surface area contributed by atoms with Crippen LogP contribution in [0.4, 0.5) is 38.3 Å². The molecule has 256 valence electrons. The minimum atomic E-state index is -4.63. The maximum Gasteiger partial charge on any atom is 0.416 e. The number of hydrogen-bond acceptors (Lipinski definition) is 4. The van der Waals surface area contributed by atoms with Crippen molar-refractivity contribution >= 4 is 45.4 Å². The van der Waals surface area contributed by atoms with Crippen LogP contribution in [0.3, 0.4) is 0 Å². The van der Waals surface area contributed by atoms with Gasteiger partial charge in [-0.1, -0.05) is 66.2 Å². The van der Waals surface area contributed by atoms with Crippen LogP contribution in [0.2, 0.25) is 0 Å². The van der Waals surface area contributed by atoms with Gasteiger partial charge in [0.2, 0.25) is 0 Å². The molecule has 0 saturated carbocycles. The quantitative estimate of drug-likeness (QED) is 0.102. The van der Waals surface area contributed by atoms with Crippen LogP contribution in [0.5, 0.6) is 0 Å². The molecule has 0 atom stereocenters. The molecule has 1 aromatic heterocycles. The Labute approximate surface area is 299 Å². The fourth-order valence-corrected chi connectivity index (χ4v) is 9.70. The number of benzene rings is 5. The maximum atomic E-state index is 14.7. The zero-order chi connectivity index (χ0) is 36.4. The van der Waals surface area contributed by atoms with Crippen molar-refractivity contribution in [3.05, 3.63) is 175 Å². The van der Waals surface area contributed by atoms with Crippen molar-refractivity contribution in [3.63, 3.8) is 0 Å². The molecule has 0 saturated heterocycles. The van der Waals surface area contributed by atoms with Gasteiger partial charge in [0.15, 0.2) is 23.2 Å². The summed E-state index contributed by atoms with van der Waals surface area (Å²) in [4.78, 5) is 29.5. The number of anilines is 3. The van der Waals surface area contributed by atoms with Crippen LogP contribution in [-0.4, -0.2) is 11.6 Å². The summed E-state index contributed by atoms with van der Waals surface area (Å²) in [5.74, 6) is -3.92. The van der Waals surface area contributed by atoms with Crippen molar-refractivity contribution in [3.8, 4) is 11.1 Å². The first-order chi connectivity index (χ1) is 24.8. The zero-order valence-corrected chi connectivity index (χ0v) is 28.7. The van der Waals surface area contributed by atoms with E-state index in [1.807, 2.05) is 92.4 Å². The van der Waals surface area contributed by atoms with Gasteiger partial charge in [-0.05, 0) is 102 Å². The van der Waals surface area contributed by atoms with Gasteiger partial charge in [-0.25, -0.2) is 8.78 Å². The smallest absolute Gasteiger partial charge is 0.301 e. The molecule has 1 spiro atoms. The maximum absolute atomic E-state index is 14.7. The lowest BCUT2D eigenvalue weighted by atomic mass is 9.65. The molecule has 9 rings (SSSR count). The highest BCUT2D eigenvalue weighted by Gasteiger charge is 2.53. The Kier molecular flexibility index (Phi) is 6.77. The number of Topliss-reactive ketones (excluding diaryl/α,β-unsaturated/α-hetero) is 2. The minimum Gasteiger partial charge on any atom is -0.301 e. The molecule has 0 radical (unpaired) electrons. The standard InChI is InChI=1S/C43H26F5NO2S/c1-21-14-22(2)38(23(3)15-21)49-37-13-12-24(43(46,47)48)16-33(37)42(31-10-6-4-8-26(31)27-9-5-7-11-32(27)42)34-18-25(52-41(34)49)17-30-39(50)28-19-35(44)36(45)20-29(28)40(30)51/h4-20H,1-3H3. The largest absolute Gasteiger partial charge is 0.416 e. The lowest BCUT2D eigenvalue weighted by Gasteiger charge is -2.44. The Morgan fingerprint density at radius 3 is 1.77 bits per heavy atom. The summed E-state index contributed by atoms with van der Waals surface area (Å²) in [7, 11) is 0. The first-order valence-electron chi connectivity index (χ1n) is 16.5. The van der Waals surface area contributed by atoms with Gasteiger partial charge in [-0.15, -0.1) is 11.3 Å². The summed E-state index contributed by atoms with van der Waals surface area (Å²) in [5.41, 5.74) is 6.03. The van der Waals surface area contributed by atoms with Gasteiger partial charge in [-0.2, -0.15) is 13.2 Å². The molecule has 0 N–H and O–H groups in total. The number of fused-ring (bicyclic) bond motifs is 10. The highest BCUT2D eigenvalue weighted by molar-refractivity contribution is 7.17. The first kappa shape index (κ1) is 32.3. The van der Waals surface area contributed by atoms with E-state index in [1.54, 1.807) is 0 Å². The molecule has 0 bridgehead atoms. The molecule has 52 heavy (non-hydrogen) atoms. The van der Waals surface area contributed by atoms with Gasteiger partial charge >= 0.3 is 6.18 Å². The SMILES string of the molecule is Cc1cc(C)c(N2c3ccc(C(F)(F)F)cc3C3(c4ccccc4-c4ccccc43)c3cc(C=C4C(=O)c5cc(F)c(F)cc5C4=O)sc32)c(C)c1. The fourth-order valence-electron chi connectivity index (χ4n) is 8.52. The van der Waals surface area contributed by atoms with Gasteiger partial charge in [0.05, 0.1) is 27.9 Å². The van der Waals surface area contributed by atoms with Crippen molar-refractivity contribution in [1.82, 2.24) is 0 Å². The van der Waals surface area contributed by atoms with Gasteiger partial charge in [0.1, 0.15) is 5.00 Å². The monoisotopic (exact) mass is 715 g/mol. The number of rotatable bonds is 2. The average Bonchev–Trinajstić information content (AvgIpc) is 3.72. The number of thiophene rings is 1. The van der Waals surface area contributed by atoms with Crippen LogP contribution in [0, 0.1) is 32.4 Å². The average molecular weight is 716 g/mol. The molecule has 3 nitrogen and oxygen atoms in total. The molecule has 3 aliphatic rings. The third-order valence-electron chi connectivity index (χ3n) is 10.4. The topological polar surface area (TPSA) is 37.4 Å². The number of aryl methyl sites for hydroxylation is 3. The Morgan fingerprint density at radius 1 is 0.654 bits per heavy atom. The number of carbonyl (C=O) groups excluding carboxylic acids is 2. The van der Waals surface area contributed by atoms with Gasteiger partial charge < -0.3 is 4.90 Å². The van der Waals surface area contributed by atoms with Crippen molar-refractivity contribution in [1.29, 1.82) is 0 Å². The summed E-state index contributed by atoms with van der Waals surface area (Å²) in [5, 5.41) is 0.702. The summed E-state index contributed by atoms with van der Waals surface area (Å²) < 4.78 is 72.3. The summed E-state index contributed by atoms with van der Waals surface area (Å²) in [6, 6.07) is 26.7. The second kappa shape index (κ2) is 10.9. The summed E-state index contributed by atoms with van der Waals surface area (Å²) in [6.07, 6.45) is -3.20. The molecule has 5 aromatic carbocycles. The highest BCUT2D eigenvalue weighted by Crippen LogP contribution is 2.65. The molecule has 2 aliphatic carbocycles. The van der Waals surface area contributed by atoms with E-state index in [1.165, 1.54) is 29.5 Å². The van der Waals surface area contributed by atoms with Crippen LogP contribution in [0.1, 0.15) is 70.1 Å². The third kappa shape index (κ3) is 4.29. The lowest BCUT2D eigenvalue weighted by molar-refractivity contribution is -0.137. The number of hydrogen-bond donors (Lipinski definition) is 0. The second-order valence-corrected chi connectivity index (χ2v) is 14.6. The number of ketones is 2. The molecule has 0 fully saturated rings. The van der Waals surface area contributed by atoms with E-state index in [-0.39, 0.29) is 16.7 Å². The van der Waals surface area contributed by atoms with E-state index in [2.05, 4.69) is 0 Å². The first-order valence-corrected chi connectivity index (χ1v) is 17.4. The number of nitrogens with zero attached hydrogens (tertiary/aromatic N) is 1. The van der Waals surface area contributed by atoms with Crippen molar-refractivity contribution < 1.29 is 31.5 Å². The van der Waals surface area contributed by atoms with Gasteiger partial charge in [0, 0.05) is 21.6 Å². The van der Waals surface area contributed by atoms with Crippen molar-refractivity contribution in [2.45, 2.75) is 32.4 Å². The normalized spacial score (nSPS) is 15.1. The predicted molar refractivity (Wildman–Crippen MR) is 192 cm³/mol. The Balaban J connectivity index is 1.40. The summed E-state index contributed by atoms with van der Waals surface area (Å²) >= 11 is 1.29. The van der Waals surface area contributed by atoms with E-state index < -0.39 is 40.4 Å². The van der Waals surface area contributed by atoms with Crippen LogP contribution in [0.15, 0.2) is 103 Å². The van der Waals surface area contributed by atoms with Crippen LogP contribution in [0.25, 0.3) is 17.2 Å². The summed E-state index contributed by atoms with van der Waals surface area (Å²) in [6.45, 7) is 5.91. The van der Waals surface area contributed by atoms with Crippen LogP contribution >= 0.6 is 11.3 Å². The predicted octanol–water partition coefficient (Wildman–Crippen LogP) is 11.6. The van der Waals surface area contributed by atoms with Gasteiger partial charge in [0.25, 0.3) is 0 Å². The van der Waals surface area contributed by atoms with E-state index in [0.29, 0.717) is 26.7 Å². The van der Waals surface area contributed by atoms with E-state index >= 15 is 0 Å². The highest BCUT2D eigenvalue weighted by atomic mass is 32.1. The van der Waals surface area contributed by atoms with Crippen molar-refractivity contribution in [2.75, 3.05) is 4.90 Å². The zero-order valence-electron chi connectivity index (χ0n) is 27.9. The minimum absolute atomic E-state index is 0.216. The molecule has 0 amide bonds. The number of alkyl halides is 3. The third-order valence-corrected chi connectivity index (χ3v) is 11.5. The Hall–Kier alpha value is -5.67. The molecule has 0 unspecified atom stereocenters. The molecular formula is C43H26F5NO2S. The molecule has 1 aliphatic heterocycles.